The third-order valence-corrected chi connectivity index (χ3v) is 5.81. The number of ether oxygens (including phenoxy) is 2. The first-order valence-electron chi connectivity index (χ1n) is 10.8. The number of carboxylic acid groups (broad SMARTS) is 1. The number of nitrogens with zero attached hydrogens (tertiary/aromatic N) is 1. The Morgan fingerprint density at radius 1 is 1.23 bits per heavy atom. The second-order valence-electron chi connectivity index (χ2n) is 7.77. The second-order valence-corrected chi connectivity index (χ2v) is 7.77. The van der Waals surface area contributed by atoms with E-state index in [0.717, 1.165) is 0 Å². The van der Waals surface area contributed by atoms with Crippen LogP contribution in [-0.2, 0) is 19.1 Å². The van der Waals surface area contributed by atoms with Gasteiger partial charge in [0.1, 0.15) is 11.8 Å². The Morgan fingerprint density at radius 2 is 1.94 bits per heavy atom. The van der Waals surface area contributed by atoms with Gasteiger partial charge in [-0.05, 0) is 44.9 Å². The Morgan fingerprint density at radius 3 is 2.55 bits per heavy atom. The van der Waals surface area contributed by atoms with Crippen LogP contribution in [0.2, 0.25) is 0 Å². The number of hydrogen-bond donors (Lipinski definition) is 3. The zero-order chi connectivity index (χ0) is 22.9. The first-order chi connectivity index (χ1) is 14.9. The van der Waals surface area contributed by atoms with Crippen molar-refractivity contribution >= 4 is 17.8 Å². The number of quaternary nitrogens is 1. The summed E-state index contributed by atoms with van der Waals surface area (Å²) in [5.74, 6) is -1.74. The normalized spacial score (nSPS) is 22.5. The van der Waals surface area contributed by atoms with Crippen molar-refractivity contribution in [3.05, 3.63) is 30.3 Å². The van der Waals surface area contributed by atoms with E-state index >= 15 is 0 Å². The van der Waals surface area contributed by atoms with Crippen molar-refractivity contribution in [3.63, 3.8) is 0 Å². The second kappa shape index (κ2) is 11.8. The van der Waals surface area contributed by atoms with Gasteiger partial charge in [0.25, 0.3) is 0 Å². The number of likely N-dealkylation sites (tertiary alicyclic amines) is 1. The highest BCUT2D eigenvalue weighted by Gasteiger charge is 2.60. The molecule has 0 saturated carbocycles. The lowest BCUT2D eigenvalue weighted by molar-refractivity contribution is -0.875. The summed E-state index contributed by atoms with van der Waals surface area (Å²) in [5.41, 5.74) is 11.7. The molecule has 0 spiro atoms. The highest BCUT2D eigenvalue weighted by Crippen LogP contribution is 2.34. The number of esters is 1. The van der Waals surface area contributed by atoms with Gasteiger partial charge < -0.3 is 26.0 Å². The number of benzene rings is 1. The fraction of sp³-hybridized carbons (Fsp3) is 0.591. The lowest BCUT2D eigenvalue weighted by atomic mass is 10.0. The van der Waals surface area contributed by atoms with Gasteiger partial charge in [0.15, 0.2) is 12.6 Å². The van der Waals surface area contributed by atoms with E-state index in [4.69, 9.17) is 20.9 Å². The van der Waals surface area contributed by atoms with Crippen LogP contribution in [0.15, 0.2) is 30.3 Å². The molecule has 0 bridgehead atoms. The molecular formula is C22H34N3O6+. The van der Waals surface area contributed by atoms with E-state index in [1.54, 1.807) is 31.2 Å². The Bertz CT molecular complexity index is 744. The van der Waals surface area contributed by atoms with Crippen LogP contribution in [0.4, 0.5) is 0 Å². The zero-order valence-corrected chi connectivity index (χ0v) is 18.1. The topological polar surface area (TPSA) is 142 Å². The van der Waals surface area contributed by atoms with Gasteiger partial charge >= 0.3 is 17.8 Å². The van der Waals surface area contributed by atoms with Gasteiger partial charge in [0.05, 0.1) is 13.2 Å². The van der Waals surface area contributed by atoms with E-state index in [2.05, 4.69) is 0 Å². The summed E-state index contributed by atoms with van der Waals surface area (Å²) in [6.45, 7) is 2.26. The minimum atomic E-state index is -1.13. The summed E-state index contributed by atoms with van der Waals surface area (Å²) in [7, 11) is 0. The van der Waals surface area contributed by atoms with E-state index in [9.17, 15) is 19.5 Å². The first kappa shape index (κ1) is 24.8. The predicted octanol–water partition coefficient (Wildman–Crippen LogP) is 1.04. The van der Waals surface area contributed by atoms with Crippen LogP contribution in [-0.4, -0.2) is 71.9 Å². The first-order valence-corrected chi connectivity index (χ1v) is 10.8. The lowest BCUT2D eigenvalue weighted by Gasteiger charge is -2.41. The molecule has 0 aromatic heterocycles. The molecule has 0 radical (unpaired) electrons. The fourth-order valence-electron chi connectivity index (χ4n) is 4.30. The summed E-state index contributed by atoms with van der Waals surface area (Å²) in [6, 6.07) is 5.74. The van der Waals surface area contributed by atoms with E-state index in [0.29, 0.717) is 38.0 Å². The molecule has 9 nitrogen and oxygen atoms in total. The highest BCUT2D eigenvalue weighted by molar-refractivity contribution is 5.85. The van der Waals surface area contributed by atoms with Gasteiger partial charge in [-0.3, -0.25) is 0 Å². The van der Waals surface area contributed by atoms with E-state index in [1.807, 2.05) is 6.07 Å². The smallest absolute Gasteiger partial charge is 0.369 e. The van der Waals surface area contributed by atoms with E-state index in [-0.39, 0.29) is 26.2 Å². The molecule has 1 fully saturated rings. The van der Waals surface area contributed by atoms with Crippen molar-refractivity contribution in [1.82, 2.24) is 0 Å². The summed E-state index contributed by atoms with van der Waals surface area (Å²) < 4.78 is 10.5. The van der Waals surface area contributed by atoms with Gasteiger partial charge in [0.2, 0.25) is 6.04 Å². The van der Waals surface area contributed by atoms with Crippen LogP contribution < -0.4 is 16.2 Å². The maximum absolute atomic E-state index is 13.6. The summed E-state index contributed by atoms with van der Waals surface area (Å²) >= 11 is 0. The molecule has 1 heterocycles. The van der Waals surface area contributed by atoms with Gasteiger partial charge in [-0.2, -0.15) is 0 Å². The monoisotopic (exact) mass is 436 g/mol. The molecule has 4 atom stereocenters. The van der Waals surface area contributed by atoms with E-state index in [1.165, 1.54) is 0 Å². The van der Waals surface area contributed by atoms with Crippen molar-refractivity contribution in [1.29, 1.82) is 0 Å². The number of hydrogen-bond acceptors (Lipinski definition) is 7. The van der Waals surface area contributed by atoms with Crippen LogP contribution in [0, 0.1) is 0 Å². The quantitative estimate of drug-likeness (QED) is 0.251. The average Bonchev–Trinajstić information content (AvgIpc) is 3.20. The number of carboxylic acids is 1. The Labute approximate surface area is 182 Å². The molecule has 1 saturated heterocycles. The zero-order valence-electron chi connectivity index (χ0n) is 18.1. The highest BCUT2D eigenvalue weighted by atomic mass is 16.5. The van der Waals surface area contributed by atoms with Crippen molar-refractivity contribution in [2.45, 2.75) is 57.2 Å². The number of carbonyl (C=O) groups is 3. The molecule has 9 heteroatoms. The maximum Gasteiger partial charge on any atom is 0.369 e. The van der Waals surface area contributed by atoms with Crippen LogP contribution in [0.25, 0.3) is 0 Å². The number of amides is 1. The number of nitrogens with two attached hydrogens (primary N) is 2. The third-order valence-electron chi connectivity index (χ3n) is 5.81. The van der Waals surface area contributed by atoms with Crippen molar-refractivity contribution in [2.75, 3.05) is 26.3 Å². The molecule has 1 aliphatic heterocycles. The van der Waals surface area contributed by atoms with Crippen LogP contribution >= 0.6 is 0 Å². The van der Waals surface area contributed by atoms with Crippen molar-refractivity contribution in [2.24, 2.45) is 11.5 Å². The summed E-state index contributed by atoms with van der Waals surface area (Å²) in [4.78, 5) is 38.8. The Hall–Kier alpha value is -2.49. The molecule has 1 aliphatic rings. The van der Waals surface area contributed by atoms with Crippen molar-refractivity contribution in [3.8, 4) is 5.75 Å². The molecule has 0 aliphatic carbocycles. The SMILES string of the molecule is CCOC(=O)C(COc1ccccc1)[N+]1(C(=O)[C@@H](N)CCCCN)CCC[C@H]1C(=O)O. The maximum atomic E-state index is 13.6. The minimum Gasteiger partial charge on any atom is -0.487 e. The molecule has 31 heavy (non-hydrogen) atoms. The molecule has 2 rings (SSSR count). The molecule has 5 N–H and O–H groups in total. The Balaban J connectivity index is 2.41. The molecule has 1 aromatic rings. The fourth-order valence-corrected chi connectivity index (χ4v) is 4.30. The number of aliphatic carboxylic acids is 1. The summed E-state index contributed by atoms with van der Waals surface area (Å²) in [6.07, 6.45) is 2.49. The number of para-hydroxylation sites is 1. The third kappa shape index (κ3) is 5.81. The molecular weight excluding hydrogens is 402 g/mol. The van der Waals surface area contributed by atoms with Gasteiger partial charge in [-0.1, -0.05) is 18.2 Å². The molecule has 1 amide bonds. The largest absolute Gasteiger partial charge is 0.487 e. The van der Waals surface area contributed by atoms with E-state index < -0.39 is 40.5 Å². The number of unbranched alkanes of at least 4 members (excludes halogenated alkanes) is 1. The van der Waals surface area contributed by atoms with Gasteiger partial charge in [-0.15, -0.1) is 0 Å². The lowest BCUT2D eigenvalue weighted by Crippen LogP contribution is -2.71. The minimum absolute atomic E-state index is 0.106. The van der Waals surface area contributed by atoms with Crippen LogP contribution in [0.5, 0.6) is 5.75 Å². The van der Waals surface area contributed by atoms with Crippen molar-refractivity contribution < 1.29 is 33.4 Å². The number of carbonyl (C=O) groups excluding carboxylic acids is 2. The van der Waals surface area contributed by atoms with Crippen LogP contribution in [0.1, 0.15) is 39.0 Å². The molecule has 1 aromatic carbocycles. The molecule has 172 valence electrons. The predicted molar refractivity (Wildman–Crippen MR) is 114 cm³/mol. The van der Waals surface area contributed by atoms with Gasteiger partial charge in [-0.25, -0.2) is 18.9 Å². The van der Waals surface area contributed by atoms with Gasteiger partial charge in [0, 0.05) is 12.8 Å². The average molecular weight is 437 g/mol. The molecule has 2 unspecified atom stereocenters. The Kier molecular flexibility index (Phi) is 9.42. The standard InChI is InChI=1S/C22H33N3O6/c1-2-30-22(29)19(15-31-16-9-4-3-5-10-16)25(14-8-12-18(25)21(27)28)20(26)17(24)11-6-7-13-23/h3-5,9-10,17-19H,2,6-8,11-15,23-24H2,1H3/p+1/t17-,18-,19?,25?/m0/s1. The van der Waals surface area contributed by atoms with Crippen LogP contribution in [0.3, 0.4) is 0 Å². The summed E-state index contributed by atoms with van der Waals surface area (Å²) in [5, 5.41) is 9.92. The number of rotatable bonds is 12.